The average Bonchev–Trinajstić information content (AvgIpc) is 2.81. The van der Waals surface area contributed by atoms with Gasteiger partial charge in [0, 0.05) is 6.61 Å². The van der Waals surface area contributed by atoms with E-state index in [1.807, 2.05) is 31.2 Å². The molecule has 1 saturated heterocycles. The Kier molecular flexibility index (Phi) is 3.49. The van der Waals surface area contributed by atoms with Gasteiger partial charge in [0.25, 0.3) is 0 Å². The molecule has 1 heterocycles. The predicted molar refractivity (Wildman–Crippen MR) is 68.1 cm³/mol. The van der Waals surface area contributed by atoms with Gasteiger partial charge in [-0.2, -0.15) is 5.26 Å². The third-order valence-electron chi connectivity index (χ3n) is 3.63. The molecule has 18 heavy (non-hydrogen) atoms. The van der Waals surface area contributed by atoms with Crippen LogP contribution in [0.5, 0.6) is 0 Å². The predicted octanol–water partition coefficient (Wildman–Crippen LogP) is 2.74. The highest BCUT2D eigenvalue weighted by atomic mass is 16.5. The van der Waals surface area contributed by atoms with Crippen molar-refractivity contribution in [3.8, 4) is 6.07 Å². The first-order chi connectivity index (χ1) is 8.58. The number of carbonyl (C=O) groups excluding carboxylic acids is 1. The molecule has 1 aromatic carbocycles. The van der Waals surface area contributed by atoms with Crippen molar-refractivity contribution >= 4 is 5.78 Å². The monoisotopic (exact) mass is 243 g/mol. The van der Waals surface area contributed by atoms with Crippen LogP contribution in [0.4, 0.5) is 0 Å². The molecular weight excluding hydrogens is 226 g/mol. The van der Waals surface area contributed by atoms with Crippen molar-refractivity contribution in [3.05, 3.63) is 35.4 Å². The molecule has 94 valence electrons. The van der Waals surface area contributed by atoms with Gasteiger partial charge in [-0.05, 0) is 37.8 Å². The summed E-state index contributed by atoms with van der Waals surface area (Å²) in [6.07, 6.45) is 1.59. The standard InChI is InChI=1S/C15H17NO2/c1-11-6-3-4-7-12(11)13(10-16)14(17)15(2)8-5-9-18-15/h3-4,6-7,13H,5,8-9H2,1-2H3. The Hall–Kier alpha value is -1.66. The summed E-state index contributed by atoms with van der Waals surface area (Å²) < 4.78 is 5.55. The van der Waals surface area contributed by atoms with Gasteiger partial charge in [-0.1, -0.05) is 24.3 Å². The lowest BCUT2D eigenvalue weighted by molar-refractivity contribution is -0.137. The van der Waals surface area contributed by atoms with Crippen molar-refractivity contribution in [1.82, 2.24) is 0 Å². The van der Waals surface area contributed by atoms with Crippen molar-refractivity contribution in [1.29, 1.82) is 5.26 Å². The Balaban J connectivity index is 2.33. The molecule has 2 atom stereocenters. The fourth-order valence-corrected chi connectivity index (χ4v) is 2.46. The van der Waals surface area contributed by atoms with Gasteiger partial charge in [-0.3, -0.25) is 4.79 Å². The third kappa shape index (κ3) is 2.16. The van der Waals surface area contributed by atoms with Crippen molar-refractivity contribution in [2.75, 3.05) is 6.61 Å². The first kappa shape index (κ1) is 12.8. The number of aryl methyl sites for hydroxylation is 1. The molecule has 0 saturated carbocycles. The Bertz CT molecular complexity index is 495. The summed E-state index contributed by atoms with van der Waals surface area (Å²) in [4.78, 5) is 12.5. The highest BCUT2D eigenvalue weighted by Gasteiger charge is 2.42. The number of ketones is 1. The van der Waals surface area contributed by atoms with Gasteiger partial charge in [0.15, 0.2) is 5.78 Å². The first-order valence-electron chi connectivity index (χ1n) is 6.22. The van der Waals surface area contributed by atoms with Crippen LogP contribution in [0.2, 0.25) is 0 Å². The molecule has 0 aliphatic carbocycles. The smallest absolute Gasteiger partial charge is 0.185 e. The van der Waals surface area contributed by atoms with E-state index < -0.39 is 11.5 Å². The highest BCUT2D eigenvalue weighted by molar-refractivity contribution is 5.95. The van der Waals surface area contributed by atoms with Gasteiger partial charge < -0.3 is 4.74 Å². The minimum absolute atomic E-state index is 0.114. The van der Waals surface area contributed by atoms with E-state index in [0.29, 0.717) is 13.0 Å². The summed E-state index contributed by atoms with van der Waals surface area (Å²) in [5.41, 5.74) is 0.976. The molecule has 2 unspecified atom stereocenters. The molecule has 3 heteroatoms. The van der Waals surface area contributed by atoms with Crippen LogP contribution in [0.15, 0.2) is 24.3 Å². The Morgan fingerprint density at radius 2 is 2.22 bits per heavy atom. The topological polar surface area (TPSA) is 50.1 Å². The molecule has 1 fully saturated rings. The second kappa shape index (κ2) is 4.91. The minimum Gasteiger partial charge on any atom is -0.367 e. The normalized spacial score (nSPS) is 24.5. The number of hydrogen-bond donors (Lipinski definition) is 0. The molecule has 1 aliphatic rings. The molecule has 1 aliphatic heterocycles. The number of benzene rings is 1. The van der Waals surface area contributed by atoms with Crippen molar-refractivity contribution < 1.29 is 9.53 Å². The molecule has 1 aromatic rings. The van der Waals surface area contributed by atoms with Crippen LogP contribution in [-0.2, 0) is 9.53 Å². The number of nitrogens with zero attached hydrogens (tertiary/aromatic N) is 1. The molecular formula is C15H17NO2. The first-order valence-corrected chi connectivity index (χ1v) is 6.22. The lowest BCUT2D eigenvalue weighted by Gasteiger charge is -2.24. The van der Waals surface area contributed by atoms with Crippen LogP contribution in [0, 0.1) is 18.3 Å². The van der Waals surface area contributed by atoms with Crippen LogP contribution >= 0.6 is 0 Å². The van der Waals surface area contributed by atoms with Gasteiger partial charge in [0.2, 0.25) is 0 Å². The van der Waals surface area contributed by atoms with E-state index in [1.54, 1.807) is 6.92 Å². The van der Waals surface area contributed by atoms with E-state index in [-0.39, 0.29) is 5.78 Å². The van der Waals surface area contributed by atoms with Crippen molar-refractivity contribution in [3.63, 3.8) is 0 Å². The lowest BCUT2D eigenvalue weighted by Crippen LogP contribution is -2.38. The Morgan fingerprint density at radius 3 is 2.78 bits per heavy atom. The highest BCUT2D eigenvalue weighted by Crippen LogP contribution is 2.33. The Labute approximate surface area is 107 Å². The van der Waals surface area contributed by atoms with Gasteiger partial charge in [0.1, 0.15) is 11.5 Å². The fraction of sp³-hybridized carbons (Fsp3) is 0.467. The number of carbonyl (C=O) groups is 1. The van der Waals surface area contributed by atoms with Crippen LogP contribution in [0.3, 0.4) is 0 Å². The van der Waals surface area contributed by atoms with Crippen molar-refractivity contribution in [2.45, 2.75) is 38.2 Å². The summed E-state index contributed by atoms with van der Waals surface area (Å²) in [5, 5.41) is 9.32. The van der Waals surface area contributed by atoms with E-state index in [1.165, 1.54) is 0 Å². The molecule has 0 N–H and O–H groups in total. The van der Waals surface area contributed by atoms with Gasteiger partial charge >= 0.3 is 0 Å². The summed E-state index contributed by atoms with van der Waals surface area (Å²) in [7, 11) is 0. The summed E-state index contributed by atoms with van der Waals surface area (Å²) in [6.45, 7) is 4.32. The van der Waals surface area contributed by atoms with Gasteiger partial charge in [-0.15, -0.1) is 0 Å². The largest absolute Gasteiger partial charge is 0.367 e. The molecule has 2 rings (SSSR count). The van der Waals surface area contributed by atoms with Crippen LogP contribution in [0.25, 0.3) is 0 Å². The maximum atomic E-state index is 12.5. The summed E-state index contributed by atoms with van der Waals surface area (Å²) >= 11 is 0. The number of Topliss-reactive ketones (excluding diaryl/α,β-unsaturated/α-hetero) is 1. The maximum absolute atomic E-state index is 12.5. The molecule has 0 amide bonds. The van der Waals surface area contributed by atoms with E-state index in [0.717, 1.165) is 17.5 Å². The van der Waals surface area contributed by atoms with E-state index in [9.17, 15) is 10.1 Å². The number of nitriles is 1. The molecule has 0 radical (unpaired) electrons. The number of hydrogen-bond acceptors (Lipinski definition) is 3. The second-order valence-corrected chi connectivity index (χ2v) is 4.97. The van der Waals surface area contributed by atoms with Crippen LogP contribution < -0.4 is 0 Å². The summed E-state index contributed by atoms with van der Waals surface area (Å²) in [6, 6.07) is 9.67. The molecule has 0 aromatic heterocycles. The number of rotatable bonds is 3. The fourth-order valence-electron chi connectivity index (χ4n) is 2.46. The summed E-state index contributed by atoms with van der Waals surface area (Å²) in [5.74, 6) is -0.842. The zero-order chi connectivity index (χ0) is 13.2. The van der Waals surface area contributed by atoms with Gasteiger partial charge in [0.05, 0.1) is 6.07 Å². The average molecular weight is 243 g/mol. The Morgan fingerprint density at radius 1 is 1.50 bits per heavy atom. The van der Waals surface area contributed by atoms with E-state index in [4.69, 9.17) is 4.74 Å². The van der Waals surface area contributed by atoms with Gasteiger partial charge in [-0.25, -0.2) is 0 Å². The zero-order valence-corrected chi connectivity index (χ0v) is 10.8. The SMILES string of the molecule is Cc1ccccc1C(C#N)C(=O)C1(C)CCCO1. The van der Waals surface area contributed by atoms with E-state index >= 15 is 0 Å². The second-order valence-electron chi connectivity index (χ2n) is 4.97. The number of ether oxygens (including phenoxy) is 1. The zero-order valence-electron chi connectivity index (χ0n) is 10.8. The quantitative estimate of drug-likeness (QED) is 0.820. The van der Waals surface area contributed by atoms with Crippen LogP contribution in [-0.4, -0.2) is 18.0 Å². The molecule has 3 nitrogen and oxygen atoms in total. The van der Waals surface area contributed by atoms with Crippen LogP contribution in [0.1, 0.15) is 36.8 Å². The maximum Gasteiger partial charge on any atom is 0.185 e. The lowest BCUT2D eigenvalue weighted by atomic mass is 9.83. The van der Waals surface area contributed by atoms with Crippen molar-refractivity contribution in [2.24, 2.45) is 0 Å². The molecule has 0 bridgehead atoms. The third-order valence-corrected chi connectivity index (χ3v) is 3.63. The van der Waals surface area contributed by atoms with E-state index in [2.05, 4.69) is 6.07 Å². The minimum atomic E-state index is -0.789. The molecule has 0 spiro atoms.